The number of nitrogens with zero attached hydrogens (tertiary/aromatic N) is 2. The first-order valence-corrected chi connectivity index (χ1v) is 25.0. The van der Waals surface area contributed by atoms with Gasteiger partial charge in [-0.3, -0.25) is 0 Å². The molecule has 3 aliphatic carbocycles. The van der Waals surface area contributed by atoms with Crippen LogP contribution in [-0.2, 0) is 18.9 Å². The van der Waals surface area contributed by atoms with Gasteiger partial charge < -0.3 is 9.47 Å². The zero-order valence-corrected chi connectivity index (χ0v) is 39.7. The first kappa shape index (κ1) is 41.9. The van der Waals surface area contributed by atoms with Gasteiger partial charge in [-0.1, -0.05) is 212 Å². The molecular weight excluding hydrogens is 845 g/mol. The Balaban J connectivity index is 0.986. The molecule has 3 unspecified atom stereocenters. The van der Waals surface area contributed by atoms with Gasteiger partial charge in [0.1, 0.15) is 0 Å². The van der Waals surface area contributed by atoms with Crippen LogP contribution in [0.3, 0.4) is 0 Å². The summed E-state index contributed by atoms with van der Waals surface area (Å²) in [6.07, 6.45) is 13.9. The van der Waals surface area contributed by atoms with Gasteiger partial charge in [0.05, 0.1) is 5.41 Å². The molecule has 9 aromatic carbocycles. The molecule has 3 aliphatic rings. The molecule has 1 aromatic heterocycles. The van der Waals surface area contributed by atoms with Crippen molar-refractivity contribution >= 4 is 44.0 Å². The molecule has 0 bridgehead atoms. The van der Waals surface area contributed by atoms with E-state index >= 15 is 0 Å². The van der Waals surface area contributed by atoms with Gasteiger partial charge in [0.15, 0.2) is 0 Å². The summed E-state index contributed by atoms with van der Waals surface area (Å²) in [5, 5.41) is 5.09. The fourth-order valence-electron chi connectivity index (χ4n) is 12.6. The Labute approximate surface area is 411 Å². The summed E-state index contributed by atoms with van der Waals surface area (Å²) in [6.45, 7) is 2.19. The highest BCUT2D eigenvalue weighted by Crippen LogP contribution is 2.63. The summed E-state index contributed by atoms with van der Waals surface area (Å²) < 4.78 is 2.37. The third-order valence-electron chi connectivity index (χ3n) is 15.8. The Morgan fingerprint density at radius 2 is 1.23 bits per heavy atom. The van der Waals surface area contributed by atoms with E-state index < -0.39 is 5.41 Å². The number of hydrogen-bond donors (Lipinski definition) is 0. The molecule has 0 fully saturated rings. The van der Waals surface area contributed by atoms with Crippen molar-refractivity contribution in [3.63, 3.8) is 0 Å². The summed E-state index contributed by atoms with van der Waals surface area (Å²) in [6, 6.07) is 82.2. The zero-order chi connectivity index (χ0) is 46.8. The normalized spacial score (nSPS) is 17.1. The number of rotatable bonds is 10. The Bertz CT molecular complexity index is 3700. The van der Waals surface area contributed by atoms with Crippen LogP contribution in [0.1, 0.15) is 62.8 Å². The number of benzene rings is 9. The fourth-order valence-corrected chi connectivity index (χ4v) is 12.6. The molecule has 0 N–H and O–H groups in total. The van der Waals surface area contributed by atoms with Crippen LogP contribution in [0.15, 0.2) is 266 Å². The highest BCUT2D eigenvalue weighted by Gasteiger charge is 2.54. The lowest BCUT2D eigenvalue weighted by Crippen LogP contribution is -2.34. The van der Waals surface area contributed by atoms with Gasteiger partial charge in [-0.2, -0.15) is 0 Å². The maximum Gasteiger partial charge on any atom is 0.0674 e. The minimum Gasteiger partial charge on any atom is -0.344 e. The van der Waals surface area contributed by atoms with E-state index in [1.807, 2.05) is 0 Å². The predicted octanol–water partition coefficient (Wildman–Crippen LogP) is 16.8. The monoisotopic (exact) mass is 898 g/mol. The minimum atomic E-state index is -0.550. The van der Waals surface area contributed by atoms with Crippen LogP contribution in [0.5, 0.6) is 0 Å². The molecule has 0 spiro atoms. The summed E-state index contributed by atoms with van der Waals surface area (Å²) in [5.41, 5.74) is 19.0. The number of fused-ring (bicyclic) bond motifs is 9. The average Bonchev–Trinajstić information content (AvgIpc) is 3.88. The second-order valence-corrected chi connectivity index (χ2v) is 19.6. The van der Waals surface area contributed by atoms with Gasteiger partial charge >= 0.3 is 0 Å². The predicted molar refractivity (Wildman–Crippen MR) is 293 cm³/mol. The quantitative estimate of drug-likeness (QED) is 0.133. The van der Waals surface area contributed by atoms with Crippen LogP contribution in [0, 0.1) is 12.8 Å². The highest BCUT2D eigenvalue weighted by atomic mass is 15.2. The van der Waals surface area contributed by atoms with Gasteiger partial charge in [-0.25, -0.2) is 0 Å². The molecular formula is C68H54N2. The molecule has 0 saturated heterocycles. The number of hydrogen-bond acceptors (Lipinski definition) is 1. The SMILES string of the molecule is Cc1ccc(C(CCc2ccc3c(c2)C(c2ccccc2)(c2ccccc2)C2=CC(N(c4ccccc4)c4ccc5ccccc5c4)=C4C=CC=CC4C23)c2ccc3c4ccccc4n(C)c3c2)cc1. The van der Waals surface area contributed by atoms with E-state index in [0.717, 1.165) is 24.2 Å². The first-order chi connectivity index (χ1) is 34.5. The largest absolute Gasteiger partial charge is 0.344 e. The van der Waals surface area contributed by atoms with E-state index in [9.17, 15) is 0 Å². The van der Waals surface area contributed by atoms with Gasteiger partial charge in [0.2, 0.25) is 0 Å². The van der Waals surface area contributed by atoms with Crippen molar-refractivity contribution in [2.75, 3.05) is 4.90 Å². The molecule has 0 radical (unpaired) electrons. The van der Waals surface area contributed by atoms with E-state index in [-0.39, 0.29) is 17.8 Å². The Morgan fingerprint density at radius 3 is 2.00 bits per heavy atom. The number of allylic oxidation sites excluding steroid dienone is 7. The minimum absolute atomic E-state index is 0.126. The van der Waals surface area contributed by atoms with Crippen molar-refractivity contribution in [1.82, 2.24) is 4.57 Å². The Kier molecular flexibility index (Phi) is 10.2. The van der Waals surface area contributed by atoms with Crippen LogP contribution in [0.25, 0.3) is 32.6 Å². The Morgan fingerprint density at radius 1 is 0.557 bits per heavy atom. The molecule has 0 saturated carbocycles. The average molecular weight is 899 g/mol. The molecule has 70 heavy (non-hydrogen) atoms. The maximum atomic E-state index is 2.60. The van der Waals surface area contributed by atoms with Crippen molar-refractivity contribution in [3.8, 4) is 0 Å². The summed E-state index contributed by atoms with van der Waals surface area (Å²) >= 11 is 0. The molecule has 1 heterocycles. The number of aromatic nitrogens is 1. The van der Waals surface area contributed by atoms with E-state index in [4.69, 9.17) is 0 Å². The van der Waals surface area contributed by atoms with Gasteiger partial charge in [-0.15, -0.1) is 0 Å². The van der Waals surface area contributed by atoms with Gasteiger partial charge in [0.25, 0.3) is 0 Å². The van der Waals surface area contributed by atoms with Crippen molar-refractivity contribution in [3.05, 3.63) is 310 Å². The zero-order valence-electron chi connectivity index (χ0n) is 39.7. The lowest BCUT2D eigenvalue weighted by molar-refractivity contribution is 0.600. The maximum absolute atomic E-state index is 2.60. The van der Waals surface area contributed by atoms with E-state index in [1.165, 1.54) is 93.9 Å². The molecule has 0 amide bonds. The second kappa shape index (κ2) is 17.1. The molecule has 2 nitrogen and oxygen atoms in total. The van der Waals surface area contributed by atoms with Gasteiger partial charge in [-0.05, 0) is 123 Å². The summed E-state index contributed by atoms with van der Waals surface area (Å²) in [4.78, 5) is 2.51. The van der Waals surface area contributed by atoms with Crippen molar-refractivity contribution < 1.29 is 0 Å². The van der Waals surface area contributed by atoms with Gasteiger partial charge in [0, 0.05) is 63.7 Å². The fraction of sp³-hybridized carbons (Fsp3) is 0.118. The lowest BCUT2D eigenvalue weighted by Gasteiger charge is -2.41. The third-order valence-corrected chi connectivity index (χ3v) is 15.8. The Hall–Kier alpha value is -8.20. The summed E-state index contributed by atoms with van der Waals surface area (Å²) in [5.74, 6) is 0.481. The smallest absolute Gasteiger partial charge is 0.0674 e. The molecule has 13 rings (SSSR count). The number of para-hydroxylation sites is 2. The molecule has 336 valence electrons. The second-order valence-electron chi connectivity index (χ2n) is 19.6. The highest BCUT2D eigenvalue weighted by molar-refractivity contribution is 6.08. The van der Waals surface area contributed by atoms with Crippen LogP contribution in [0.2, 0.25) is 0 Å². The number of anilines is 2. The van der Waals surface area contributed by atoms with Crippen LogP contribution >= 0.6 is 0 Å². The van der Waals surface area contributed by atoms with Crippen molar-refractivity contribution in [2.24, 2.45) is 13.0 Å². The van der Waals surface area contributed by atoms with Crippen molar-refractivity contribution in [2.45, 2.75) is 37.0 Å². The van der Waals surface area contributed by atoms with Crippen LogP contribution in [0.4, 0.5) is 11.4 Å². The van der Waals surface area contributed by atoms with Crippen LogP contribution < -0.4 is 4.90 Å². The van der Waals surface area contributed by atoms with Crippen LogP contribution in [-0.4, -0.2) is 4.57 Å². The third kappa shape index (κ3) is 6.77. The molecule has 0 aliphatic heterocycles. The van der Waals surface area contributed by atoms with Crippen molar-refractivity contribution in [1.29, 1.82) is 0 Å². The lowest BCUT2D eigenvalue weighted by atomic mass is 9.63. The van der Waals surface area contributed by atoms with E-state index in [0.29, 0.717) is 0 Å². The first-order valence-electron chi connectivity index (χ1n) is 25.0. The molecule has 10 aromatic rings. The summed E-state index contributed by atoms with van der Waals surface area (Å²) in [7, 11) is 2.21. The standard InChI is InChI=1S/C68H54N2/c1-46-30-34-49(35-31-46)56(51-37-41-59-57-26-16-17-29-64(57)69(2)65(59)44-51)39-32-47-33-40-61-62(42-47)68(52-20-6-3-7-21-52,53-22-8-4-9-23-53)63-45-66(58-27-14-15-28-60(58)67(61)63)70(54-24-10-5-11-25-54)55-38-36-48-18-12-13-19-50(48)43-55/h3-31,33-38,40-45,56,60,67H,32,39H2,1-2H3. The molecule has 3 atom stereocenters. The number of aryl methyl sites for hydroxylation is 3. The molecule has 2 heteroatoms. The van der Waals surface area contributed by atoms with E-state index in [2.05, 4.69) is 272 Å². The topological polar surface area (TPSA) is 8.17 Å². The van der Waals surface area contributed by atoms with E-state index in [1.54, 1.807) is 0 Å².